The number of aliphatic hydroxyl groups excluding tert-OH is 1. The molecule has 0 radical (unpaired) electrons. The summed E-state index contributed by atoms with van der Waals surface area (Å²) in [5.74, 6) is -6.56. The molecule has 1 unspecified atom stereocenters. The summed E-state index contributed by atoms with van der Waals surface area (Å²) in [4.78, 5) is 73.6. The Kier molecular flexibility index (Phi) is 14.4. The largest absolute Gasteiger partial charge is 0.494 e. The van der Waals surface area contributed by atoms with Gasteiger partial charge >= 0.3 is 0 Å². The highest BCUT2D eigenvalue weighted by Crippen LogP contribution is 2.48. The van der Waals surface area contributed by atoms with Gasteiger partial charge in [-0.05, 0) is 76.3 Å². The Morgan fingerprint density at radius 2 is 1.64 bits per heavy atom. The number of aryl methyl sites for hydroxylation is 1. The second kappa shape index (κ2) is 18.2. The van der Waals surface area contributed by atoms with Crippen LogP contribution in [0.2, 0.25) is 0 Å². The van der Waals surface area contributed by atoms with Crippen molar-refractivity contribution < 1.29 is 72.0 Å². The maximum atomic E-state index is 13.4. The van der Waals surface area contributed by atoms with E-state index in [4.69, 9.17) is 19.9 Å². The smallest absolute Gasteiger partial charge is 0.289 e. The molecule has 2 heterocycles. The zero-order valence-corrected chi connectivity index (χ0v) is 35.2. The first-order valence-corrected chi connectivity index (χ1v) is 20.2. The van der Waals surface area contributed by atoms with Crippen molar-refractivity contribution in [3.8, 4) is 11.6 Å². The molecule has 0 aliphatic carbocycles. The maximum Gasteiger partial charge on any atom is 0.289 e. The van der Waals surface area contributed by atoms with Crippen molar-refractivity contribution >= 4 is 44.8 Å². The summed E-state index contributed by atoms with van der Waals surface area (Å²) < 4.78 is 44.9. The number of sulfonamides is 1. The molecule has 4 rings (SSSR count). The van der Waals surface area contributed by atoms with E-state index in [9.17, 15) is 62.9 Å². The lowest BCUT2D eigenvalue weighted by Crippen LogP contribution is -2.87. The number of hydrogen-bond donors (Lipinski definition) is 6. The zero-order valence-electron chi connectivity index (χ0n) is 34.4. The molecule has 1 aliphatic rings. The minimum Gasteiger partial charge on any atom is -0.494 e. The summed E-state index contributed by atoms with van der Waals surface area (Å²) in [6.45, 7) is 7.30. The molecule has 1 aromatic heterocycles. The molecular weight excluding hydrogens is 827 g/mol. The molecule has 6 atom stereocenters. The van der Waals surface area contributed by atoms with Crippen molar-refractivity contribution in [3.63, 3.8) is 0 Å². The summed E-state index contributed by atoms with van der Waals surface area (Å²) in [6.07, 6.45) is -7.15. The van der Waals surface area contributed by atoms with Gasteiger partial charge in [0.2, 0.25) is 39.3 Å². The van der Waals surface area contributed by atoms with Crippen molar-refractivity contribution in [2.45, 2.75) is 107 Å². The van der Waals surface area contributed by atoms with Crippen LogP contribution in [0.15, 0.2) is 47.4 Å². The third-order valence-corrected chi connectivity index (χ3v) is 12.5. The molecule has 21 nitrogen and oxygen atoms in total. The Morgan fingerprint density at radius 1 is 1.02 bits per heavy atom. The Morgan fingerprint density at radius 3 is 2.16 bits per heavy atom. The number of nitro groups is 1. The number of carbonyl (C=O) groups is 5. The highest BCUT2D eigenvalue weighted by atomic mass is 32.2. The molecule has 1 saturated heterocycles. The van der Waals surface area contributed by atoms with Gasteiger partial charge in [-0.25, -0.2) is 8.42 Å². The van der Waals surface area contributed by atoms with Crippen LogP contribution in [0.25, 0.3) is 0 Å². The minimum atomic E-state index is -4.51. The number of amides is 1. The lowest BCUT2D eigenvalue weighted by Gasteiger charge is -2.57. The summed E-state index contributed by atoms with van der Waals surface area (Å²) in [5.41, 5.74) is -4.00. The normalized spacial score (nSPS) is 23.4. The molecule has 3 aromatic rings. The Balaban J connectivity index is 1.62. The average Bonchev–Trinajstić information content (AvgIpc) is 3.58. The predicted molar refractivity (Wildman–Crippen MR) is 211 cm³/mol. The zero-order chi connectivity index (χ0) is 46.0. The molecule has 1 aliphatic heterocycles. The number of primary amides is 1. The minimum absolute atomic E-state index is 0.0458. The van der Waals surface area contributed by atoms with Crippen LogP contribution < -0.4 is 15.2 Å². The number of rotatable bonds is 20. The Hall–Kier alpha value is -5.49. The van der Waals surface area contributed by atoms with Gasteiger partial charge < -0.3 is 40.4 Å². The van der Waals surface area contributed by atoms with Crippen molar-refractivity contribution in [3.05, 3.63) is 75.0 Å². The number of nitrogens with one attached hydrogen (secondary N) is 1. The van der Waals surface area contributed by atoms with E-state index in [1.165, 1.54) is 12.1 Å². The van der Waals surface area contributed by atoms with Gasteiger partial charge in [-0.15, -0.1) is 5.10 Å². The number of nitrogens with two attached hydrogens (primary N) is 1. The van der Waals surface area contributed by atoms with Crippen LogP contribution in [0, 0.1) is 17.0 Å². The van der Waals surface area contributed by atoms with E-state index < -0.39 is 96.4 Å². The van der Waals surface area contributed by atoms with Crippen LogP contribution in [0.1, 0.15) is 76.3 Å². The Labute approximate surface area is 350 Å². The van der Waals surface area contributed by atoms with E-state index in [0.29, 0.717) is 42.0 Å². The average molecular weight is 876 g/mol. The number of aliphatic hydroxyl groups is 4. The first-order chi connectivity index (χ1) is 28.3. The molecule has 7 N–H and O–H groups in total. The molecule has 2 aromatic carbocycles. The number of Topliss-reactive ketones (excluding diaryl/α,β-unsaturated/α-hetero) is 4. The number of para-hydroxylation sites is 1. The van der Waals surface area contributed by atoms with Gasteiger partial charge in [0.05, 0.1) is 18.1 Å². The molecule has 332 valence electrons. The second-order valence-corrected chi connectivity index (χ2v) is 17.0. The number of ether oxygens (including phenoxy) is 3. The molecule has 22 heteroatoms. The quantitative estimate of drug-likeness (QED) is 0.0505. The summed E-state index contributed by atoms with van der Waals surface area (Å²) >= 11 is 0. The first-order valence-electron chi connectivity index (χ1n) is 18.8. The van der Waals surface area contributed by atoms with Gasteiger partial charge in [0.15, 0.2) is 33.6 Å². The van der Waals surface area contributed by atoms with Crippen LogP contribution in [0.4, 0.5) is 5.69 Å². The number of aromatic nitrogens is 2. The van der Waals surface area contributed by atoms with Crippen LogP contribution in [-0.4, -0.2) is 132 Å². The molecular formula is C39H49N5O16S. The fraction of sp³-hybridized carbons (Fsp3) is 0.487. The van der Waals surface area contributed by atoms with Crippen LogP contribution in [0.3, 0.4) is 0 Å². The third-order valence-electron chi connectivity index (χ3n) is 10.6. The number of hydrogen-bond acceptors (Lipinski definition) is 17. The summed E-state index contributed by atoms with van der Waals surface area (Å²) in [7, 11) is -4.51. The standard InChI is InChI=1S/C39H49N5O16S/c1-20(2)32-28(35(42-41-32)60-36-38(52,24(6)47)39(53,25(7)48)37(51,23(5)46)34(59-36)33(50)22(4)45)18-26-13-14-27(17-21(26)3)58-16-10-15-43(19-31(40)49)61(56,57)30-12-9-8-11-29(30)44(54)55/h8-9,11-14,17,20,33-34,36,50-53H,10,15-16,18-19H2,1-7H3,(H2,40,49)(H,41,42)/t33?,34-,36+,37-,38+,39+/m1/s1. The molecule has 1 fully saturated rings. The predicted octanol–water partition coefficient (Wildman–Crippen LogP) is 0.300. The lowest BCUT2D eigenvalue weighted by atomic mass is 9.60. The third kappa shape index (κ3) is 8.82. The Bertz CT molecular complexity index is 2330. The van der Waals surface area contributed by atoms with Crippen LogP contribution in [0.5, 0.6) is 11.6 Å². The van der Waals surface area contributed by atoms with Gasteiger partial charge in [-0.3, -0.25) is 39.2 Å². The van der Waals surface area contributed by atoms with E-state index >= 15 is 0 Å². The number of aromatic amines is 1. The van der Waals surface area contributed by atoms with E-state index in [2.05, 4.69) is 10.2 Å². The number of benzene rings is 2. The number of ketones is 4. The number of carbonyl (C=O) groups excluding carboxylic acids is 5. The second-order valence-electron chi connectivity index (χ2n) is 15.0. The van der Waals surface area contributed by atoms with Crippen molar-refractivity contribution in [2.24, 2.45) is 5.73 Å². The fourth-order valence-corrected chi connectivity index (χ4v) is 8.85. The van der Waals surface area contributed by atoms with E-state index in [-0.39, 0.29) is 37.8 Å². The van der Waals surface area contributed by atoms with E-state index in [1.54, 1.807) is 25.1 Å². The van der Waals surface area contributed by atoms with Gasteiger partial charge in [-0.1, -0.05) is 32.0 Å². The molecule has 0 spiro atoms. The van der Waals surface area contributed by atoms with Crippen molar-refractivity contribution in [1.82, 2.24) is 14.5 Å². The maximum absolute atomic E-state index is 13.4. The highest BCUT2D eigenvalue weighted by Gasteiger charge is 2.80. The number of nitrogens with zero attached hydrogens (tertiary/aromatic N) is 3. The van der Waals surface area contributed by atoms with Crippen LogP contribution >= 0.6 is 0 Å². The van der Waals surface area contributed by atoms with Gasteiger partial charge in [-0.2, -0.15) is 4.31 Å². The first kappa shape index (κ1) is 48.2. The van der Waals surface area contributed by atoms with Crippen molar-refractivity contribution in [1.29, 1.82) is 0 Å². The molecule has 0 saturated carbocycles. The SMILES string of the molecule is CC(=O)C(O)[C@H]1O[C@@H](Oc2n[nH]c(C(C)C)c2Cc2ccc(OCCCN(CC(N)=O)S(=O)(=O)c3ccccc3[N+](=O)[O-])cc2C)[C@@](O)(C(C)=O)[C@](O)(C(C)=O)[C@@]1(O)C(C)=O. The van der Waals surface area contributed by atoms with E-state index in [1.807, 2.05) is 13.8 Å². The van der Waals surface area contributed by atoms with Crippen molar-refractivity contribution in [2.75, 3.05) is 19.7 Å². The van der Waals surface area contributed by atoms with Gasteiger partial charge in [0, 0.05) is 30.3 Å². The monoisotopic (exact) mass is 875 g/mol. The lowest BCUT2D eigenvalue weighted by molar-refractivity contribution is -0.387. The topological polar surface area (TPSA) is 329 Å². The summed E-state index contributed by atoms with van der Waals surface area (Å²) in [5, 5.41) is 64.9. The molecule has 1 amide bonds. The van der Waals surface area contributed by atoms with E-state index in [0.717, 1.165) is 30.3 Å². The van der Waals surface area contributed by atoms with Gasteiger partial charge in [0.25, 0.3) is 5.69 Å². The summed E-state index contributed by atoms with van der Waals surface area (Å²) in [6, 6.07) is 9.66. The molecule has 0 bridgehead atoms. The number of H-pyrrole nitrogens is 1. The highest BCUT2D eigenvalue weighted by molar-refractivity contribution is 7.89. The van der Waals surface area contributed by atoms with Gasteiger partial charge in [0.1, 0.15) is 18.0 Å². The number of nitro benzene ring substituents is 1. The molecule has 61 heavy (non-hydrogen) atoms. The fourth-order valence-electron chi connectivity index (χ4n) is 7.25. The van der Waals surface area contributed by atoms with Crippen LogP contribution in [-0.2, 0) is 45.2 Å².